The summed E-state index contributed by atoms with van der Waals surface area (Å²) < 4.78 is 18.9. The number of nitrogens with zero attached hydrogens (tertiary/aromatic N) is 1. The molecule has 0 bridgehead atoms. The Kier molecular flexibility index (Phi) is 4.55. The molecule has 2 rings (SSSR count). The van der Waals surface area contributed by atoms with Gasteiger partial charge in [0.1, 0.15) is 5.82 Å². The minimum atomic E-state index is -0.266. The predicted molar refractivity (Wildman–Crippen MR) is 70.7 cm³/mol. The number of nitrogen functional groups attached to an aromatic ring is 1. The highest BCUT2D eigenvalue weighted by atomic mass is 19.1. The Hall–Kier alpha value is -1.13. The number of ether oxygens (including phenoxy) is 1. The monoisotopic (exact) mass is 252 g/mol. The van der Waals surface area contributed by atoms with Gasteiger partial charge in [-0.25, -0.2) is 4.39 Å². The molecule has 1 aromatic carbocycles. The van der Waals surface area contributed by atoms with Crippen molar-refractivity contribution in [2.24, 2.45) is 0 Å². The van der Waals surface area contributed by atoms with Gasteiger partial charge in [-0.3, -0.25) is 4.90 Å². The van der Waals surface area contributed by atoms with E-state index in [9.17, 15) is 4.39 Å². The maximum absolute atomic E-state index is 13.3. The van der Waals surface area contributed by atoms with Crippen molar-refractivity contribution in [2.45, 2.75) is 32.4 Å². The van der Waals surface area contributed by atoms with Gasteiger partial charge in [-0.2, -0.15) is 0 Å². The summed E-state index contributed by atoms with van der Waals surface area (Å²) in [6.45, 7) is 5.54. The number of likely N-dealkylation sites (N-methyl/N-ethyl adjacent to an activating group) is 1. The number of rotatable bonds is 5. The molecular weight excluding hydrogens is 231 g/mol. The largest absolute Gasteiger partial charge is 0.399 e. The summed E-state index contributed by atoms with van der Waals surface area (Å²) >= 11 is 0. The minimum Gasteiger partial charge on any atom is -0.399 e. The number of anilines is 1. The van der Waals surface area contributed by atoms with Crippen LogP contribution in [0.5, 0.6) is 0 Å². The van der Waals surface area contributed by atoms with Crippen molar-refractivity contribution >= 4 is 5.69 Å². The van der Waals surface area contributed by atoms with Crippen LogP contribution in [0.2, 0.25) is 0 Å². The van der Waals surface area contributed by atoms with E-state index in [1.165, 1.54) is 6.07 Å². The molecule has 100 valence electrons. The summed E-state index contributed by atoms with van der Waals surface area (Å²) in [6.07, 6.45) is 2.60. The van der Waals surface area contributed by atoms with E-state index in [2.05, 4.69) is 11.8 Å². The summed E-state index contributed by atoms with van der Waals surface area (Å²) in [5.41, 5.74) is 7.06. The minimum absolute atomic E-state index is 0.266. The lowest BCUT2D eigenvalue weighted by Crippen LogP contribution is -2.31. The molecule has 1 aliphatic rings. The summed E-state index contributed by atoms with van der Waals surface area (Å²) in [6, 6.07) is 4.73. The van der Waals surface area contributed by atoms with Crippen molar-refractivity contribution in [1.82, 2.24) is 4.90 Å². The van der Waals surface area contributed by atoms with Crippen molar-refractivity contribution in [3.05, 3.63) is 29.6 Å². The van der Waals surface area contributed by atoms with Gasteiger partial charge in [0.15, 0.2) is 0 Å². The maximum atomic E-state index is 13.3. The molecule has 0 spiro atoms. The fraction of sp³-hybridized carbons (Fsp3) is 0.571. The third kappa shape index (κ3) is 3.68. The zero-order valence-electron chi connectivity index (χ0n) is 10.9. The van der Waals surface area contributed by atoms with Gasteiger partial charge >= 0.3 is 0 Å². The Morgan fingerprint density at radius 2 is 2.28 bits per heavy atom. The summed E-state index contributed by atoms with van der Waals surface area (Å²) in [5.74, 6) is -0.266. The third-order valence-corrected chi connectivity index (χ3v) is 3.32. The van der Waals surface area contributed by atoms with Gasteiger partial charge in [0.05, 0.1) is 6.10 Å². The molecule has 0 radical (unpaired) electrons. The Balaban J connectivity index is 1.95. The van der Waals surface area contributed by atoms with Gasteiger partial charge < -0.3 is 10.5 Å². The maximum Gasteiger partial charge on any atom is 0.125 e. The molecule has 0 aromatic heterocycles. The first-order valence-corrected chi connectivity index (χ1v) is 6.56. The van der Waals surface area contributed by atoms with Crippen LogP contribution >= 0.6 is 0 Å². The van der Waals surface area contributed by atoms with E-state index in [0.29, 0.717) is 11.8 Å². The van der Waals surface area contributed by atoms with Crippen LogP contribution in [0.1, 0.15) is 25.3 Å². The highest BCUT2D eigenvalue weighted by Gasteiger charge is 2.18. The predicted octanol–water partition coefficient (Wildman–Crippen LogP) is 2.41. The smallest absolute Gasteiger partial charge is 0.125 e. The third-order valence-electron chi connectivity index (χ3n) is 3.32. The molecule has 1 saturated heterocycles. The standard InChI is InChI=1S/C14H21FN2O/c1-2-17(10-14-4-3-5-18-14)9-11-6-12(15)8-13(16)7-11/h6-8,14H,2-5,9-10,16H2,1H3. The Labute approximate surface area is 108 Å². The van der Waals surface area contributed by atoms with E-state index in [-0.39, 0.29) is 5.82 Å². The van der Waals surface area contributed by atoms with Crippen LogP contribution < -0.4 is 5.73 Å². The van der Waals surface area contributed by atoms with Crippen molar-refractivity contribution in [3.63, 3.8) is 0 Å². The molecule has 4 heteroatoms. The Morgan fingerprint density at radius 3 is 2.89 bits per heavy atom. The highest BCUT2D eigenvalue weighted by Crippen LogP contribution is 2.16. The van der Waals surface area contributed by atoms with Crippen LogP contribution in [0.3, 0.4) is 0 Å². The van der Waals surface area contributed by atoms with E-state index in [0.717, 1.165) is 44.6 Å². The average Bonchev–Trinajstić information content (AvgIpc) is 2.79. The summed E-state index contributed by atoms with van der Waals surface area (Å²) in [5, 5.41) is 0. The molecule has 1 unspecified atom stereocenters. The fourth-order valence-electron chi connectivity index (χ4n) is 2.41. The van der Waals surface area contributed by atoms with E-state index in [1.807, 2.05) is 6.07 Å². The van der Waals surface area contributed by atoms with Crippen molar-refractivity contribution in [3.8, 4) is 0 Å². The van der Waals surface area contributed by atoms with Crippen LogP contribution in [0, 0.1) is 5.82 Å². The van der Waals surface area contributed by atoms with Crippen LogP contribution in [0.25, 0.3) is 0 Å². The van der Waals surface area contributed by atoms with Gasteiger partial charge in [0.25, 0.3) is 0 Å². The van der Waals surface area contributed by atoms with Gasteiger partial charge in [-0.15, -0.1) is 0 Å². The fourth-order valence-corrected chi connectivity index (χ4v) is 2.41. The van der Waals surface area contributed by atoms with Gasteiger partial charge in [-0.1, -0.05) is 6.92 Å². The highest BCUT2D eigenvalue weighted by molar-refractivity contribution is 5.41. The molecule has 0 aliphatic carbocycles. The number of hydrogen-bond acceptors (Lipinski definition) is 3. The summed E-state index contributed by atoms with van der Waals surface area (Å²) in [4.78, 5) is 2.27. The van der Waals surface area contributed by atoms with E-state index in [4.69, 9.17) is 10.5 Å². The zero-order valence-corrected chi connectivity index (χ0v) is 10.9. The van der Waals surface area contributed by atoms with Crippen molar-refractivity contribution < 1.29 is 9.13 Å². The summed E-state index contributed by atoms with van der Waals surface area (Å²) in [7, 11) is 0. The molecule has 2 N–H and O–H groups in total. The second-order valence-corrected chi connectivity index (χ2v) is 4.86. The molecular formula is C14H21FN2O. The number of benzene rings is 1. The molecule has 3 nitrogen and oxygen atoms in total. The zero-order chi connectivity index (χ0) is 13.0. The van der Waals surface area contributed by atoms with Gasteiger partial charge in [0, 0.05) is 25.4 Å². The molecule has 0 saturated carbocycles. The van der Waals surface area contributed by atoms with E-state index < -0.39 is 0 Å². The van der Waals surface area contributed by atoms with Gasteiger partial charge in [-0.05, 0) is 43.1 Å². The molecule has 18 heavy (non-hydrogen) atoms. The van der Waals surface area contributed by atoms with Crippen LogP contribution in [-0.2, 0) is 11.3 Å². The van der Waals surface area contributed by atoms with Crippen molar-refractivity contribution in [2.75, 3.05) is 25.4 Å². The van der Waals surface area contributed by atoms with Crippen LogP contribution in [0.15, 0.2) is 18.2 Å². The lowest BCUT2D eigenvalue weighted by molar-refractivity contribution is 0.0725. The molecule has 1 atom stereocenters. The second-order valence-electron chi connectivity index (χ2n) is 4.86. The normalized spacial score (nSPS) is 19.6. The second kappa shape index (κ2) is 6.16. The number of halogens is 1. The lowest BCUT2D eigenvalue weighted by Gasteiger charge is -2.23. The Bertz CT molecular complexity index is 371. The molecule has 0 amide bonds. The van der Waals surface area contributed by atoms with Crippen LogP contribution in [-0.4, -0.2) is 30.7 Å². The number of hydrogen-bond donors (Lipinski definition) is 1. The average molecular weight is 252 g/mol. The van der Waals surface area contributed by atoms with Crippen molar-refractivity contribution in [1.29, 1.82) is 0 Å². The van der Waals surface area contributed by atoms with E-state index in [1.54, 1.807) is 6.07 Å². The first-order chi connectivity index (χ1) is 8.67. The van der Waals surface area contributed by atoms with Crippen LogP contribution in [0.4, 0.5) is 10.1 Å². The number of nitrogens with two attached hydrogens (primary N) is 1. The topological polar surface area (TPSA) is 38.5 Å². The van der Waals surface area contributed by atoms with Gasteiger partial charge in [0.2, 0.25) is 0 Å². The quantitative estimate of drug-likeness (QED) is 0.818. The molecule has 1 aromatic rings. The molecule has 1 fully saturated rings. The molecule has 1 aliphatic heterocycles. The first-order valence-electron chi connectivity index (χ1n) is 6.56. The lowest BCUT2D eigenvalue weighted by atomic mass is 10.1. The Morgan fingerprint density at radius 1 is 1.44 bits per heavy atom. The van der Waals surface area contributed by atoms with E-state index >= 15 is 0 Å². The molecule has 1 heterocycles. The first kappa shape index (κ1) is 13.3. The SMILES string of the molecule is CCN(Cc1cc(N)cc(F)c1)CC1CCCO1.